The molecule has 0 aliphatic rings. The van der Waals surface area contributed by atoms with E-state index in [1.54, 1.807) is 0 Å². The van der Waals surface area contributed by atoms with Crippen molar-refractivity contribution in [3.05, 3.63) is 17.7 Å². The minimum absolute atomic E-state index is 0. The van der Waals surface area contributed by atoms with E-state index in [1.807, 2.05) is 0 Å². The van der Waals surface area contributed by atoms with Gasteiger partial charge in [0.25, 0.3) is 0 Å². The van der Waals surface area contributed by atoms with Crippen LogP contribution in [-0.4, -0.2) is 36.8 Å². The summed E-state index contributed by atoms with van der Waals surface area (Å²) in [6.07, 6.45) is 12.1. The van der Waals surface area contributed by atoms with Gasteiger partial charge in [0.1, 0.15) is 5.82 Å². The van der Waals surface area contributed by atoms with Crippen LogP contribution in [0.2, 0.25) is 0 Å². The Hall–Kier alpha value is 0.132. The molecule has 0 N–H and O–H groups in total. The Bertz CT molecular complexity index is 282. The maximum Gasteiger partial charge on any atom is 0.108 e. The number of hydrogen-bond donors (Lipinski definition) is 0. The molecule has 0 aliphatic carbocycles. The van der Waals surface area contributed by atoms with E-state index in [-0.39, 0.29) is 27.3 Å². The molecule has 0 atom stereocenters. The summed E-state index contributed by atoms with van der Waals surface area (Å²) in [5, 5.41) is 0. The molecule has 0 fully saturated rings. The Kier molecular flexibility index (Phi) is 11.1. The van der Waals surface area contributed by atoms with Crippen molar-refractivity contribution in [3.8, 4) is 0 Å². The minimum atomic E-state index is 0. The summed E-state index contributed by atoms with van der Waals surface area (Å²) in [5.74, 6) is 1.31. The van der Waals surface area contributed by atoms with Crippen LogP contribution in [0.3, 0.4) is 0 Å². The number of hydrogen-bond acceptors (Lipinski definition) is 1. The predicted molar refractivity (Wildman–Crippen MR) is 80.1 cm³/mol. The van der Waals surface area contributed by atoms with E-state index in [9.17, 15) is 0 Å². The molecule has 0 bridgehead atoms. The third-order valence-corrected chi connectivity index (χ3v) is 3.20. The fourth-order valence-corrected chi connectivity index (χ4v) is 2.05. The monoisotopic (exact) mass is 444 g/mol. The molecule has 1 aromatic heterocycles. The molecule has 0 aliphatic heterocycles. The Labute approximate surface area is 133 Å². The van der Waals surface area contributed by atoms with Crippen molar-refractivity contribution in [1.82, 2.24) is 9.55 Å². The molecular formula is C15H28N2Pb. The van der Waals surface area contributed by atoms with E-state index < -0.39 is 0 Å². The van der Waals surface area contributed by atoms with Gasteiger partial charge in [0.15, 0.2) is 0 Å². The van der Waals surface area contributed by atoms with Gasteiger partial charge in [-0.15, -0.1) is 0 Å². The van der Waals surface area contributed by atoms with Gasteiger partial charge in [-0.3, -0.25) is 0 Å². The van der Waals surface area contributed by atoms with E-state index >= 15 is 0 Å². The summed E-state index contributed by atoms with van der Waals surface area (Å²) in [6, 6.07) is 0. The SMILES string of the molecule is CCCCc1cn(CCCC)c(CCCC)n1.[Pb]. The molecule has 0 saturated carbocycles. The Morgan fingerprint density at radius 3 is 2.17 bits per heavy atom. The molecule has 0 spiro atoms. The van der Waals surface area contributed by atoms with Crippen molar-refractivity contribution in [2.45, 2.75) is 78.7 Å². The van der Waals surface area contributed by atoms with E-state index in [1.165, 1.54) is 50.0 Å². The fourth-order valence-electron chi connectivity index (χ4n) is 2.05. The minimum Gasteiger partial charge on any atom is -0.335 e. The zero-order valence-electron chi connectivity index (χ0n) is 12.3. The Balaban J connectivity index is 0.00000289. The molecule has 1 heterocycles. The van der Waals surface area contributed by atoms with Gasteiger partial charge in [-0.2, -0.15) is 0 Å². The fraction of sp³-hybridized carbons (Fsp3) is 0.800. The summed E-state index contributed by atoms with van der Waals surface area (Å²) in [7, 11) is 0. The molecule has 18 heavy (non-hydrogen) atoms. The summed E-state index contributed by atoms with van der Waals surface area (Å²) in [5.41, 5.74) is 1.30. The van der Waals surface area contributed by atoms with Crippen LogP contribution in [0.4, 0.5) is 0 Å². The second kappa shape index (κ2) is 11.0. The Morgan fingerprint density at radius 1 is 0.944 bits per heavy atom. The molecule has 102 valence electrons. The third kappa shape index (κ3) is 6.34. The molecule has 2 nitrogen and oxygen atoms in total. The smallest absolute Gasteiger partial charge is 0.108 e. The second-order valence-electron chi connectivity index (χ2n) is 4.90. The van der Waals surface area contributed by atoms with Gasteiger partial charge in [-0.05, 0) is 25.7 Å². The van der Waals surface area contributed by atoms with Crippen LogP contribution in [0.1, 0.15) is 70.8 Å². The molecule has 0 amide bonds. The first kappa shape index (κ1) is 18.1. The Morgan fingerprint density at radius 2 is 1.56 bits per heavy atom. The first-order valence-electron chi connectivity index (χ1n) is 7.36. The van der Waals surface area contributed by atoms with Crippen molar-refractivity contribution in [3.63, 3.8) is 0 Å². The van der Waals surface area contributed by atoms with Gasteiger partial charge in [0.05, 0.1) is 5.69 Å². The van der Waals surface area contributed by atoms with Crippen LogP contribution in [-0.2, 0) is 19.4 Å². The molecule has 0 saturated heterocycles. The molecule has 3 heteroatoms. The van der Waals surface area contributed by atoms with Crippen LogP contribution in [0, 0.1) is 0 Å². The largest absolute Gasteiger partial charge is 0.335 e. The quantitative estimate of drug-likeness (QED) is 0.528. The first-order valence-corrected chi connectivity index (χ1v) is 7.36. The number of imidazole rings is 1. The number of aryl methyl sites for hydroxylation is 3. The van der Waals surface area contributed by atoms with E-state index in [2.05, 4.69) is 31.5 Å². The van der Waals surface area contributed by atoms with Crippen LogP contribution in [0.5, 0.6) is 0 Å². The van der Waals surface area contributed by atoms with Crippen LogP contribution in [0.15, 0.2) is 6.20 Å². The zero-order chi connectivity index (χ0) is 12.5. The third-order valence-electron chi connectivity index (χ3n) is 3.20. The molecule has 1 rings (SSSR count). The molecular weight excluding hydrogens is 415 g/mol. The summed E-state index contributed by atoms with van der Waals surface area (Å²) in [6.45, 7) is 7.89. The van der Waals surface area contributed by atoms with Crippen molar-refractivity contribution in [1.29, 1.82) is 0 Å². The first-order chi connectivity index (χ1) is 8.31. The standard InChI is InChI=1S/C15H28N2.Pb/c1-4-7-10-14-13-17(12-9-6-3)15(16-14)11-8-5-2;/h13H,4-12H2,1-3H3;. The summed E-state index contributed by atoms with van der Waals surface area (Å²) in [4.78, 5) is 4.80. The van der Waals surface area contributed by atoms with Gasteiger partial charge in [-0.25, -0.2) is 4.98 Å². The maximum atomic E-state index is 4.80. The van der Waals surface area contributed by atoms with Crippen molar-refractivity contribution in [2.75, 3.05) is 0 Å². The topological polar surface area (TPSA) is 17.8 Å². The van der Waals surface area contributed by atoms with E-state index in [4.69, 9.17) is 4.98 Å². The molecule has 4 radical (unpaired) electrons. The average molecular weight is 444 g/mol. The molecule has 0 unspecified atom stereocenters. The summed E-state index contributed by atoms with van der Waals surface area (Å²) < 4.78 is 2.39. The van der Waals surface area contributed by atoms with Gasteiger partial charge in [0.2, 0.25) is 0 Å². The summed E-state index contributed by atoms with van der Waals surface area (Å²) >= 11 is 0. The van der Waals surface area contributed by atoms with Gasteiger partial charge in [0, 0.05) is 46.5 Å². The van der Waals surface area contributed by atoms with Crippen molar-refractivity contribution < 1.29 is 0 Å². The normalized spacial score (nSPS) is 10.4. The van der Waals surface area contributed by atoms with Crippen molar-refractivity contribution in [2.24, 2.45) is 0 Å². The van der Waals surface area contributed by atoms with Crippen LogP contribution >= 0.6 is 0 Å². The van der Waals surface area contributed by atoms with E-state index in [0.29, 0.717) is 0 Å². The maximum absolute atomic E-state index is 4.80. The number of nitrogens with zero attached hydrogens (tertiary/aromatic N) is 2. The van der Waals surface area contributed by atoms with E-state index in [0.717, 1.165) is 19.4 Å². The molecule has 0 aromatic carbocycles. The van der Waals surface area contributed by atoms with Gasteiger partial charge < -0.3 is 4.57 Å². The average Bonchev–Trinajstić information content (AvgIpc) is 2.73. The van der Waals surface area contributed by atoms with Crippen LogP contribution in [0.25, 0.3) is 0 Å². The number of rotatable bonds is 9. The zero-order valence-corrected chi connectivity index (χ0v) is 16.2. The number of unbranched alkanes of at least 4 members (excludes halogenated alkanes) is 3. The predicted octanol–water partition coefficient (Wildman–Crippen LogP) is 3.99. The van der Waals surface area contributed by atoms with Gasteiger partial charge >= 0.3 is 0 Å². The number of aromatic nitrogens is 2. The van der Waals surface area contributed by atoms with Crippen LogP contribution < -0.4 is 0 Å². The van der Waals surface area contributed by atoms with Crippen molar-refractivity contribution >= 4 is 27.3 Å². The second-order valence-corrected chi connectivity index (χ2v) is 4.90. The molecule has 1 aromatic rings. The van der Waals surface area contributed by atoms with Gasteiger partial charge in [-0.1, -0.05) is 40.0 Å².